The van der Waals surface area contributed by atoms with E-state index in [9.17, 15) is 19.1 Å². The van der Waals surface area contributed by atoms with Gasteiger partial charge in [-0.25, -0.2) is 4.39 Å². The molecular formula is C27H23ClFNO6. The predicted molar refractivity (Wildman–Crippen MR) is 133 cm³/mol. The van der Waals surface area contributed by atoms with Crippen LogP contribution in [-0.2, 0) is 9.59 Å². The molecule has 0 spiro atoms. The standard InChI is InChI=1S/C27H23ClFNO6/c1-4-36-18-9-5-15(6-10-18)25(31)23-24(16-7-12-21(34-2)22(13-16)35-3)30(27(33)26(23)32)17-8-11-20(29)19(28)14-17/h5-14,24,31H,4H2,1-3H3/b25-23+. The summed E-state index contributed by atoms with van der Waals surface area (Å²) in [5.74, 6) is -1.45. The maximum atomic E-state index is 13.9. The van der Waals surface area contributed by atoms with Crippen molar-refractivity contribution in [2.24, 2.45) is 0 Å². The molecule has 3 aromatic carbocycles. The van der Waals surface area contributed by atoms with Crippen LogP contribution in [-0.4, -0.2) is 37.6 Å². The van der Waals surface area contributed by atoms with E-state index in [1.165, 1.54) is 31.3 Å². The van der Waals surface area contributed by atoms with Gasteiger partial charge in [0.25, 0.3) is 11.7 Å². The number of benzene rings is 3. The number of carbonyl (C=O) groups excluding carboxylic acids is 2. The number of anilines is 1. The second-order valence-electron chi connectivity index (χ2n) is 7.84. The van der Waals surface area contributed by atoms with Gasteiger partial charge in [0.05, 0.1) is 37.5 Å². The minimum absolute atomic E-state index is 0.142. The van der Waals surface area contributed by atoms with E-state index in [1.807, 2.05) is 6.92 Å². The molecule has 4 rings (SSSR count). The topological polar surface area (TPSA) is 85.3 Å². The molecule has 1 fully saturated rings. The van der Waals surface area contributed by atoms with Crippen LogP contribution in [0.3, 0.4) is 0 Å². The van der Waals surface area contributed by atoms with Gasteiger partial charge in [0.1, 0.15) is 17.3 Å². The first-order chi connectivity index (χ1) is 17.3. The van der Waals surface area contributed by atoms with Crippen LogP contribution in [0, 0.1) is 5.82 Å². The van der Waals surface area contributed by atoms with Crippen molar-refractivity contribution in [3.63, 3.8) is 0 Å². The van der Waals surface area contributed by atoms with E-state index in [-0.39, 0.29) is 22.0 Å². The zero-order valence-corrected chi connectivity index (χ0v) is 20.5. The minimum Gasteiger partial charge on any atom is -0.507 e. The molecule has 3 aromatic rings. The summed E-state index contributed by atoms with van der Waals surface area (Å²) in [5, 5.41) is 11.0. The zero-order chi connectivity index (χ0) is 26.0. The number of ketones is 1. The molecule has 1 saturated heterocycles. The first-order valence-corrected chi connectivity index (χ1v) is 11.4. The van der Waals surface area contributed by atoms with E-state index in [0.717, 1.165) is 6.07 Å². The van der Waals surface area contributed by atoms with Gasteiger partial charge >= 0.3 is 0 Å². The van der Waals surface area contributed by atoms with E-state index in [0.29, 0.717) is 35.0 Å². The quantitative estimate of drug-likeness (QED) is 0.255. The highest BCUT2D eigenvalue weighted by atomic mass is 35.5. The Labute approximate surface area is 212 Å². The average molecular weight is 512 g/mol. The summed E-state index contributed by atoms with van der Waals surface area (Å²) in [6, 6.07) is 14.0. The van der Waals surface area contributed by atoms with Crippen LogP contribution < -0.4 is 19.1 Å². The van der Waals surface area contributed by atoms with Crippen LogP contribution >= 0.6 is 11.6 Å². The van der Waals surface area contributed by atoms with Crippen molar-refractivity contribution in [2.45, 2.75) is 13.0 Å². The summed E-state index contributed by atoms with van der Waals surface area (Å²) in [5.41, 5.74) is 0.824. The lowest BCUT2D eigenvalue weighted by atomic mass is 9.94. The molecule has 0 bridgehead atoms. The third-order valence-electron chi connectivity index (χ3n) is 5.79. The van der Waals surface area contributed by atoms with Crippen molar-refractivity contribution in [3.05, 3.63) is 88.2 Å². The fraction of sp³-hybridized carbons (Fsp3) is 0.185. The molecule has 36 heavy (non-hydrogen) atoms. The molecule has 0 saturated carbocycles. The van der Waals surface area contributed by atoms with Crippen LogP contribution in [0.1, 0.15) is 24.1 Å². The SMILES string of the molecule is CCOc1ccc(/C(O)=C2\C(=O)C(=O)N(c3ccc(F)c(Cl)c3)C2c2ccc(OC)c(OC)c2)cc1. The van der Waals surface area contributed by atoms with E-state index < -0.39 is 23.5 Å². The highest BCUT2D eigenvalue weighted by Gasteiger charge is 2.47. The number of aliphatic hydroxyl groups is 1. The van der Waals surface area contributed by atoms with Crippen molar-refractivity contribution in [1.29, 1.82) is 0 Å². The van der Waals surface area contributed by atoms with Gasteiger partial charge in [-0.2, -0.15) is 0 Å². The lowest BCUT2D eigenvalue weighted by molar-refractivity contribution is -0.132. The van der Waals surface area contributed by atoms with Gasteiger partial charge in [0.2, 0.25) is 0 Å². The first kappa shape index (κ1) is 25.1. The molecular weight excluding hydrogens is 489 g/mol. The Kier molecular flexibility index (Phi) is 7.17. The molecule has 1 heterocycles. The molecule has 0 radical (unpaired) electrons. The third-order valence-corrected chi connectivity index (χ3v) is 6.08. The number of aliphatic hydroxyl groups excluding tert-OH is 1. The largest absolute Gasteiger partial charge is 0.507 e. The maximum absolute atomic E-state index is 13.9. The maximum Gasteiger partial charge on any atom is 0.300 e. The second kappa shape index (κ2) is 10.3. The van der Waals surface area contributed by atoms with Crippen LogP contribution in [0.5, 0.6) is 17.2 Å². The molecule has 0 aromatic heterocycles. The van der Waals surface area contributed by atoms with E-state index in [4.69, 9.17) is 25.8 Å². The lowest BCUT2D eigenvalue weighted by Crippen LogP contribution is -2.29. The highest BCUT2D eigenvalue weighted by Crippen LogP contribution is 2.44. The zero-order valence-electron chi connectivity index (χ0n) is 19.7. The number of ether oxygens (including phenoxy) is 3. The van der Waals surface area contributed by atoms with Crippen LogP contribution in [0.4, 0.5) is 10.1 Å². The molecule has 9 heteroatoms. The average Bonchev–Trinajstić information content (AvgIpc) is 3.15. The Balaban J connectivity index is 1.93. The third kappa shape index (κ3) is 4.47. The summed E-state index contributed by atoms with van der Waals surface area (Å²) >= 11 is 5.98. The number of nitrogens with zero attached hydrogens (tertiary/aromatic N) is 1. The van der Waals surface area contributed by atoms with Crippen LogP contribution in [0.25, 0.3) is 5.76 Å². The minimum atomic E-state index is -1.06. The van der Waals surface area contributed by atoms with E-state index in [2.05, 4.69) is 0 Å². The Bertz CT molecular complexity index is 1350. The number of hydrogen-bond donors (Lipinski definition) is 1. The highest BCUT2D eigenvalue weighted by molar-refractivity contribution is 6.51. The van der Waals surface area contributed by atoms with Gasteiger partial charge in [-0.1, -0.05) is 17.7 Å². The summed E-state index contributed by atoms with van der Waals surface area (Å²) in [6.45, 7) is 2.32. The molecule has 1 amide bonds. The summed E-state index contributed by atoms with van der Waals surface area (Å²) < 4.78 is 30.0. The van der Waals surface area contributed by atoms with Crippen LogP contribution in [0.15, 0.2) is 66.2 Å². The number of carbonyl (C=O) groups is 2. The number of hydrogen-bond acceptors (Lipinski definition) is 6. The smallest absolute Gasteiger partial charge is 0.300 e. The summed E-state index contributed by atoms with van der Waals surface area (Å²) in [6.07, 6.45) is 0. The fourth-order valence-electron chi connectivity index (χ4n) is 4.10. The molecule has 1 atom stereocenters. The van der Waals surface area contributed by atoms with Gasteiger partial charge in [0, 0.05) is 11.3 Å². The number of amides is 1. The van der Waals surface area contributed by atoms with Gasteiger partial charge in [-0.05, 0) is 67.1 Å². The Morgan fingerprint density at radius 1 is 1.00 bits per heavy atom. The van der Waals surface area contributed by atoms with Crippen LogP contribution in [0.2, 0.25) is 5.02 Å². The normalized spacial score (nSPS) is 16.8. The lowest BCUT2D eigenvalue weighted by Gasteiger charge is -2.26. The molecule has 186 valence electrons. The van der Waals surface area contributed by atoms with Crippen molar-refractivity contribution >= 4 is 34.7 Å². The predicted octanol–water partition coefficient (Wildman–Crippen LogP) is 5.52. The second-order valence-corrected chi connectivity index (χ2v) is 8.25. The van der Waals surface area contributed by atoms with Gasteiger partial charge < -0.3 is 19.3 Å². The molecule has 0 aliphatic carbocycles. The summed E-state index contributed by atoms with van der Waals surface area (Å²) in [4.78, 5) is 27.7. The molecule has 1 N–H and O–H groups in total. The van der Waals surface area contributed by atoms with E-state index in [1.54, 1.807) is 42.5 Å². The molecule has 1 aliphatic rings. The van der Waals surface area contributed by atoms with E-state index >= 15 is 0 Å². The fourth-order valence-corrected chi connectivity index (χ4v) is 4.28. The molecule has 1 unspecified atom stereocenters. The number of rotatable bonds is 7. The van der Waals surface area contributed by atoms with Gasteiger partial charge in [0.15, 0.2) is 11.5 Å². The Morgan fingerprint density at radius 3 is 2.31 bits per heavy atom. The number of methoxy groups -OCH3 is 2. The van der Waals surface area contributed by atoms with Crippen molar-refractivity contribution in [3.8, 4) is 17.2 Å². The first-order valence-electron chi connectivity index (χ1n) is 11.0. The van der Waals surface area contributed by atoms with Gasteiger partial charge in [-0.3, -0.25) is 14.5 Å². The molecule has 7 nitrogen and oxygen atoms in total. The van der Waals surface area contributed by atoms with Crippen molar-refractivity contribution in [2.75, 3.05) is 25.7 Å². The summed E-state index contributed by atoms with van der Waals surface area (Å²) in [7, 11) is 2.94. The van der Waals surface area contributed by atoms with Crippen molar-refractivity contribution in [1.82, 2.24) is 0 Å². The Morgan fingerprint density at radius 2 is 1.69 bits per heavy atom. The Hall–Kier alpha value is -4.04. The molecule has 1 aliphatic heterocycles. The monoisotopic (exact) mass is 511 g/mol. The van der Waals surface area contributed by atoms with Gasteiger partial charge in [-0.15, -0.1) is 0 Å². The number of halogens is 2. The number of Topliss-reactive ketones (excluding diaryl/α,β-unsaturated/α-hetero) is 1. The van der Waals surface area contributed by atoms with Crippen molar-refractivity contribution < 1.29 is 33.3 Å².